The molecule has 0 aliphatic rings. The minimum absolute atomic E-state index is 0.0753. The molecule has 14 heteroatoms. The quantitative estimate of drug-likeness (QED) is 0.0720. The van der Waals surface area contributed by atoms with E-state index < -0.39 is 35.7 Å². The molecule has 2 atom stereocenters. The van der Waals surface area contributed by atoms with Gasteiger partial charge in [-0.3, -0.25) is 19.2 Å². The van der Waals surface area contributed by atoms with Crippen LogP contribution in [-0.4, -0.2) is 87.3 Å². The predicted molar refractivity (Wildman–Crippen MR) is 156 cm³/mol. The third kappa shape index (κ3) is 16.5. The number of hydrogen-bond donors (Lipinski definition) is 5. The maximum Gasteiger partial charge on any atom is 0.246 e. The molecule has 0 saturated carbocycles. The van der Waals surface area contributed by atoms with Gasteiger partial charge in [0.1, 0.15) is 18.7 Å². The molecule has 39 heavy (non-hydrogen) atoms. The number of rotatable bonds is 19. The first-order valence-corrected chi connectivity index (χ1v) is 16.2. The number of carbonyl (C=O) groups is 4. The van der Waals surface area contributed by atoms with Gasteiger partial charge < -0.3 is 41.6 Å². The van der Waals surface area contributed by atoms with Gasteiger partial charge in [-0.25, -0.2) is 0 Å². The Morgan fingerprint density at radius 1 is 0.923 bits per heavy atom. The van der Waals surface area contributed by atoms with Gasteiger partial charge in [0.25, 0.3) is 0 Å². The SMILES string of the molecule is CC(C)CC(NC(=O)C(Cc1ccccc1)NC(=O)CNC(=O)COCCOCCN)C(=O)NCC([O-])=PI. The van der Waals surface area contributed by atoms with Crippen molar-refractivity contribution < 1.29 is 33.8 Å². The molecule has 0 aromatic heterocycles. The van der Waals surface area contributed by atoms with Crippen LogP contribution in [0.3, 0.4) is 0 Å². The van der Waals surface area contributed by atoms with E-state index in [2.05, 4.69) is 21.3 Å². The monoisotopic (exact) mass is 678 g/mol. The van der Waals surface area contributed by atoms with Crippen molar-refractivity contribution in [2.24, 2.45) is 11.7 Å². The van der Waals surface area contributed by atoms with Crippen molar-refractivity contribution in [3.05, 3.63) is 35.9 Å². The number of amides is 4. The molecule has 1 aromatic carbocycles. The van der Waals surface area contributed by atoms with Gasteiger partial charge in [-0.05, 0) is 45.8 Å². The van der Waals surface area contributed by atoms with E-state index >= 15 is 0 Å². The number of benzene rings is 1. The van der Waals surface area contributed by atoms with Crippen LogP contribution in [-0.2, 0) is 35.1 Å². The van der Waals surface area contributed by atoms with Gasteiger partial charge in [-0.2, -0.15) is 0 Å². The van der Waals surface area contributed by atoms with Crippen molar-refractivity contribution >= 4 is 57.0 Å². The van der Waals surface area contributed by atoms with Crippen molar-refractivity contribution in [3.8, 4) is 0 Å². The standard InChI is InChI=1S/C25H39IN5O7P/c1-17(2)12-19(24(35)29-15-23(34)39-26)31-25(36)20(13-18-6-4-3-5-7-18)30-21(32)14-28-22(33)16-38-11-10-37-9-8-27/h3-7,17,19-20,34H,8-16,27H2,1-2H3,(H,28,33)(H,29,35)(H,30,32)(H,31,36)/p-1. The van der Waals surface area contributed by atoms with Crippen molar-refractivity contribution in [2.75, 3.05) is 46.1 Å². The Balaban J connectivity index is 2.78. The maximum absolute atomic E-state index is 13.3. The average Bonchev–Trinajstić information content (AvgIpc) is 2.91. The van der Waals surface area contributed by atoms with Crippen LogP contribution >= 0.6 is 27.9 Å². The molecule has 6 N–H and O–H groups in total. The number of ether oxygens (including phenoxy) is 2. The number of nitrogens with two attached hydrogens (primary N) is 1. The number of hydrogen-bond acceptors (Lipinski definition) is 8. The van der Waals surface area contributed by atoms with E-state index in [0.29, 0.717) is 32.0 Å². The number of halogens is 1. The third-order valence-electron chi connectivity index (χ3n) is 5.10. The van der Waals surface area contributed by atoms with Crippen LogP contribution in [0.2, 0.25) is 0 Å². The molecule has 0 heterocycles. The van der Waals surface area contributed by atoms with E-state index in [1.165, 1.54) is 0 Å². The summed E-state index contributed by atoms with van der Waals surface area (Å²) in [5.41, 5.74) is 5.94. The van der Waals surface area contributed by atoms with Crippen molar-refractivity contribution in [2.45, 2.75) is 38.8 Å². The Morgan fingerprint density at radius 2 is 1.62 bits per heavy atom. The largest absolute Gasteiger partial charge is 0.825 e. The zero-order valence-electron chi connectivity index (χ0n) is 22.2. The van der Waals surface area contributed by atoms with E-state index in [1.807, 2.05) is 66.2 Å². The van der Waals surface area contributed by atoms with Crippen molar-refractivity contribution in [3.63, 3.8) is 0 Å². The van der Waals surface area contributed by atoms with Gasteiger partial charge in [-0.1, -0.05) is 44.2 Å². The highest BCUT2D eigenvalue weighted by molar-refractivity contribution is 14.2. The molecule has 0 fully saturated rings. The van der Waals surface area contributed by atoms with Crippen LogP contribution < -0.4 is 32.1 Å². The van der Waals surface area contributed by atoms with Gasteiger partial charge in [0.2, 0.25) is 23.6 Å². The summed E-state index contributed by atoms with van der Waals surface area (Å²) < 4.78 is 10.3. The molecule has 2 unspecified atom stereocenters. The van der Waals surface area contributed by atoms with Crippen LogP contribution in [0.5, 0.6) is 0 Å². The Morgan fingerprint density at radius 3 is 2.26 bits per heavy atom. The Bertz CT molecular complexity index is 937. The molecule has 0 spiro atoms. The first-order chi connectivity index (χ1) is 18.7. The predicted octanol–water partition coefficient (Wildman–Crippen LogP) is -0.744. The fourth-order valence-corrected chi connectivity index (χ4v) is 3.94. The molecular weight excluding hydrogens is 640 g/mol. The summed E-state index contributed by atoms with van der Waals surface area (Å²) in [6, 6.07) is 7.18. The molecule has 4 amide bonds. The number of carbonyl (C=O) groups excluding carboxylic acids is 4. The fraction of sp³-hybridized carbons (Fsp3) is 0.560. The summed E-state index contributed by atoms with van der Waals surface area (Å²) in [5.74, 6) is -1.54. The molecule has 218 valence electrons. The molecule has 0 aliphatic heterocycles. The molecule has 0 saturated heterocycles. The van der Waals surface area contributed by atoms with Gasteiger partial charge in [0.15, 0.2) is 0 Å². The van der Waals surface area contributed by atoms with Gasteiger partial charge in [-0.15, -0.1) is 5.48 Å². The lowest BCUT2D eigenvalue weighted by Crippen LogP contribution is -2.56. The van der Waals surface area contributed by atoms with Crippen LogP contribution in [0.15, 0.2) is 30.3 Å². The highest BCUT2D eigenvalue weighted by atomic mass is 127. The van der Waals surface area contributed by atoms with E-state index in [9.17, 15) is 24.3 Å². The summed E-state index contributed by atoms with van der Waals surface area (Å²) >= 11 is 1.89. The third-order valence-corrected chi connectivity index (χ3v) is 7.06. The zero-order chi connectivity index (χ0) is 29.0. The van der Waals surface area contributed by atoms with E-state index in [1.54, 1.807) is 0 Å². The molecule has 1 rings (SSSR count). The Labute approximate surface area is 243 Å². The highest BCUT2D eigenvalue weighted by Gasteiger charge is 2.27. The summed E-state index contributed by atoms with van der Waals surface area (Å²) in [7, 11) is 0. The molecule has 0 aliphatic carbocycles. The van der Waals surface area contributed by atoms with Crippen molar-refractivity contribution in [1.82, 2.24) is 21.3 Å². The lowest BCUT2D eigenvalue weighted by molar-refractivity contribution is -0.211. The van der Waals surface area contributed by atoms with Gasteiger partial charge in [0, 0.05) is 19.5 Å². The van der Waals surface area contributed by atoms with E-state index in [4.69, 9.17) is 15.2 Å². The second-order valence-electron chi connectivity index (χ2n) is 8.93. The lowest BCUT2D eigenvalue weighted by Gasteiger charge is -2.25. The van der Waals surface area contributed by atoms with E-state index in [0.717, 1.165) is 5.56 Å². The van der Waals surface area contributed by atoms with Crippen LogP contribution in [0, 0.1) is 5.92 Å². The summed E-state index contributed by atoms with van der Waals surface area (Å²) in [5, 5.41) is 22.0. The lowest BCUT2D eigenvalue weighted by atomic mass is 10.0. The maximum atomic E-state index is 13.3. The number of nitrogens with one attached hydrogen (secondary N) is 4. The molecule has 1 aromatic rings. The average molecular weight is 678 g/mol. The van der Waals surface area contributed by atoms with Crippen LogP contribution in [0.4, 0.5) is 0 Å². The minimum Gasteiger partial charge on any atom is -0.825 e. The van der Waals surface area contributed by atoms with Crippen LogP contribution in [0.1, 0.15) is 25.8 Å². The summed E-state index contributed by atoms with van der Waals surface area (Å²) in [4.78, 5) is 50.6. The second-order valence-corrected chi connectivity index (χ2v) is 11.0. The normalized spacial score (nSPS) is 12.9. The summed E-state index contributed by atoms with van der Waals surface area (Å²) in [6.07, 6.45) is 0.507. The Hall–Kier alpha value is -2.16. The zero-order valence-corrected chi connectivity index (χ0v) is 25.3. The smallest absolute Gasteiger partial charge is 0.246 e. The molecule has 0 radical (unpaired) electrons. The topological polar surface area (TPSA) is 184 Å². The first kappa shape index (κ1) is 34.9. The van der Waals surface area contributed by atoms with Gasteiger partial charge in [0.05, 0.1) is 26.4 Å². The first-order valence-electron chi connectivity index (χ1n) is 12.5. The molecule has 12 nitrogen and oxygen atoms in total. The molecular formula is C25H38IN5O7P-. The second kappa shape index (κ2) is 20.7. The van der Waals surface area contributed by atoms with Gasteiger partial charge >= 0.3 is 0 Å². The fourth-order valence-electron chi connectivity index (χ4n) is 3.29. The van der Waals surface area contributed by atoms with E-state index in [-0.39, 0.29) is 44.1 Å². The van der Waals surface area contributed by atoms with Crippen molar-refractivity contribution in [1.29, 1.82) is 0 Å². The van der Waals surface area contributed by atoms with Crippen LogP contribution in [0.25, 0.3) is 0 Å². The molecule has 0 bridgehead atoms. The Kier molecular flexibility index (Phi) is 18.5. The summed E-state index contributed by atoms with van der Waals surface area (Å²) in [6.45, 7) is 4.35. The highest BCUT2D eigenvalue weighted by Crippen LogP contribution is 2.09. The minimum atomic E-state index is -1.01.